The van der Waals surface area contributed by atoms with Crippen LogP contribution >= 0.6 is 0 Å². The quantitative estimate of drug-likeness (QED) is 0.0219. The number of carbonyl (C=O) groups is 4. The van der Waals surface area contributed by atoms with Gasteiger partial charge in [-0.2, -0.15) is 0 Å². The highest BCUT2D eigenvalue weighted by atomic mass is 16.5. The van der Waals surface area contributed by atoms with Crippen LogP contribution < -0.4 is 52.9 Å². The summed E-state index contributed by atoms with van der Waals surface area (Å²) in [6.45, 7) is 10.2. The van der Waals surface area contributed by atoms with Gasteiger partial charge in [-0.25, -0.2) is 0 Å². The Kier molecular flexibility index (Phi) is 20.3. The van der Waals surface area contributed by atoms with Gasteiger partial charge in [0.2, 0.25) is 23.6 Å². The normalized spacial score (nSPS) is 12.6. The number of rotatable bonds is 27. The summed E-state index contributed by atoms with van der Waals surface area (Å²) in [6.07, 6.45) is 3.75. The van der Waals surface area contributed by atoms with Gasteiger partial charge in [0.15, 0.2) is 0 Å². The SMILES string of the molecule is CC(C)CCOc1ccc2ccccc2c1-c1c(OCCNC(=O)[C@@H](CCCC[NH3+])NC(=O)[C@@H](CCC[NH+]=C(N)N)NC(=O)[C@@H](CC(C)C)NC(=O)Cc2ccccc2)ccc2ccccc12. The molecule has 14 heteroatoms. The van der Waals surface area contributed by atoms with E-state index in [9.17, 15) is 19.2 Å². The molecule has 0 spiro atoms. The fourth-order valence-corrected chi connectivity index (χ4v) is 8.00. The lowest BCUT2D eigenvalue weighted by Crippen LogP contribution is -2.78. The Hall–Kier alpha value is -6.67. The number of ether oxygens (including phenoxy) is 2. The van der Waals surface area contributed by atoms with Crippen molar-refractivity contribution in [3.05, 3.63) is 109 Å². The summed E-state index contributed by atoms with van der Waals surface area (Å²) in [6, 6.07) is 31.0. The molecule has 0 aliphatic rings. The lowest BCUT2D eigenvalue weighted by Gasteiger charge is -2.26. The Bertz CT molecular complexity index is 2420. The Morgan fingerprint density at radius 2 is 1.15 bits per heavy atom. The number of hydrogen-bond donors (Lipinski definition) is 8. The fraction of sp³-hybridized carbons (Fsp3) is 0.415. The first-order valence-corrected chi connectivity index (χ1v) is 23.8. The molecule has 0 heterocycles. The summed E-state index contributed by atoms with van der Waals surface area (Å²) in [4.78, 5) is 58.0. The largest absolute Gasteiger partial charge is 0.493 e. The molecule has 0 saturated carbocycles. The first-order chi connectivity index (χ1) is 32.3. The summed E-state index contributed by atoms with van der Waals surface area (Å²) >= 11 is 0. The summed E-state index contributed by atoms with van der Waals surface area (Å²) in [5, 5.41) is 15.9. The number of nitrogens with two attached hydrogens (primary N) is 2. The Balaban J connectivity index is 1.32. The van der Waals surface area contributed by atoms with Gasteiger partial charge in [0.1, 0.15) is 36.2 Å². The van der Waals surface area contributed by atoms with Gasteiger partial charge in [-0.15, -0.1) is 0 Å². The van der Waals surface area contributed by atoms with E-state index >= 15 is 0 Å². The highest BCUT2D eigenvalue weighted by Gasteiger charge is 2.30. The Morgan fingerprint density at radius 1 is 0.597 bits per heavy atom. The number of nitrogens with one attached hydrogen (secondary N) is 5. The summed E-state index contributed by atoms with van der Waals surface area (Å²) in [7, 11) is 0. The highest BCUT2D eigenvalue weighted by Crippen LogP contribution is 2.45. The van der Waals surface area contributed by atoms with Crippen molar-refractivity contribution < 1.29 is 39.4 Å². The number of quaternary nitrogens is 1. The zero-order valence-electron chi connectivity index (χ0n) is 39.7. The van der Waals surface area contributed by atoms with Crippen molar-refractivity contribution in [2.75, 3.05) is 32.8 Å². The third-order valence-corrected chi connectivity index (χ3v) is 11.5. The van der Waals surface area contributed by atoms with Crippen LogP contribution in [0.25, 0.3) is 32.7 Å². The van der Waals surface area contributed by atoms with Gasteiger partial charge in [-0.3, -0.25) is 35.6 Å². The van der Waals surface area contributed by atoms with Gasteiger partial charge in [0, 0.05) is 11.1 Å². The first kappa shape index (κ1) is 51.3. The second-order valence-electron chi connectivity index (χ2n) is 17.9. The molecular weight excluding hydrogens is 845 g/mol. The van der Waals surface area contributed by atoms with Crippen molar-refractivity contribution in [1.82, 2.24) is 21.3 Å². The standard InChI is InChI=1S/C53H70N8O6/c1-35(2)27-31-66-45-25-23-38-17-8-10-19-40(38)48(45)49-41-20-11-9-18-39(41)24-26-46(49)67-32-30-57-50(63)42(21-12-13-28-54)60-51(64)43(22-14-29-58-53(55)56)61-52(65)44(33-36(3)4)59-47(62)34-37-15-6-5-7-16-37/h5-11,15-20,23-26,35-36,42-44H,12-14,21-22,27-34,54H2,1-4H3,(H,57,63)(H,59,62)(H,60,64)(H,61,65)(H4,55,56,58)/p+2/t42-,43-,44-/m1/s1. The average molecular weight is 917 g/mol. The second kappa shape index (κ2) is 26.5. The van der Waals surface area contributed by atoms with Gasteiger partial charge in [-0.05, 0) is 96.0 Å². The molecule has 67 heavy (non-hydrogen) atoms. The molecule has 5 aromatic carbocycles. The summed E-state index contributed by atoms with van der Waals surface area (Å²) in [5.41, 5.74) is 17.8. The van der Waals surface area contributed by atoms with Crippen molar-refractivity contribution >= 4 is 51.1 Å². The van der Waals surface area contributed by atoms with Gasteiger partial charge in [-0.1, -0.05) is 119 Å². The molecule has 0 bridgehead atoms. The van der Waals surface area contributed by atoms with Gasteiger partial charge < -0.3 is 36.5 Å². The first-order valence-electron chi connectivity index (χ1n) is 23.8. The predicted octanol–water partition coefficient (Wildman–Crippen LogP) is 3.87. The van der Waals surface area contributed by atoms with Crippen molar-refractivity contribution in [3.63, 3.8) is 0 Å². The third-order valence-electron chi connectivity index (χ3n) is 11.5. The minimum Gasteiger partial charge on any atom is -0.493 e. The van der Waals surface area contributed by atoms with Gasteiger partial charge in [0.25, 0.3) is 0 Å². The number of fused-ring (bicyclic) bond motifs is 2. The van der Waals surface area contributed by atoms with Crippen LogP contribution in [0.15, 0.2) is 103 Å². The number of unbranched alkanes of at least 4 members (excludes halogenated alkanes) is 1. The van der Waals surface area contributed by atoms with Crippen LogP contribution in [0.3, 0.4) is 0 Å². The Morgan fingerprint density at radius 3 is 1.73 bits per heavy atom. The molecule has 0 aliphatic carbocycles. The van der Waals surface area contributed by atoms with E-state index in [2.05, 4.69) is 76.2 Å². The van der Waals surface area contributed by atoms with E-state index in [4.69, 9.17) is 20.9 Å². The van der Waals surface area contributed by atoms with E-state index in [1.54, 1.807) is 0 Å². The van der Waals surface area contributed by atoms with Crippen LogP contribution in [0.2, 0.25) is 0 Å². The molecule has 0 radical (unpaired) electrons. The monoisotopic (exact) mass is 917 g/mol. The summed E-state index contributed by atoms with van der Waals surface area (Å²) < 4.78 is 13.1. The van der Waals surface area contributed by atoms with E-state index in [-0.39, 0.29) is 49.7 Å². The van der Waals surface area contributed by atoms with Gasteiger partial charge >= 0.3 is 5.96 Å². The number of benzene rings is 5. The maximum Gasteiger partial charge on any atom is 0.338 e. The molecule has 3 atom stereocenters. The zero-order chi connectivity index (χ0) is 48.1. The van der Waals surface area contributed by atoms with E-state index in [1.165, 1.54) is 0 Å². The van der Waals surface area contributed by atoms with Crippen molar-refractivity contribution in [2.45, 2.75) is 97.2 Å². The average Bonchev–Trinajstić information content (AvgIpc) is 3.30. The van der Waals surface area contributed by atoms with Crippen LogP contribution in [0.1, 0.15) is 78.2 Å². The molecule has 12 N–H and O–H groups in total. The molecule has 358 valence electrons. The minimum absolute atomic E-state index is 0.0376. The fourth-order valence-electron chi connectivity index (χ4n) is 8.00. The zero-order valence-corrected chi connectivity index (χ0v) is 39.7. The third kappa shape index (κ3) is 16.0. The lowest BCUT2D eigenvalue weighted by atomic mass is 9.92. The van der Waals surface area contributed by atoms with Crippen LogP contribution in [-0.4, -0.2) is 80.6 Å². The highest BCUT2D eigenvalue weighted by molar-refractivity contribution is 6.09. The molecular formula is C53H72N8O6+2. The maximum absolute atomic E-state index is 14.2. The van der Waals surface area contributed by atoms with Crippen LogP contribution in [0, 0.1) is 11.8 Å². The van der Waals surface area contributed by atoms with E-state index in [0.29, 0.717) is 57.0 Å². The number of amides is 4. The minimum atomic E-state index is -1.03. The molecule has 0 unspecified atom stereocenters. The van der Waals surface area contributed by atoms with Crippen LogP contribution in [0.5, 0.6) is 11.5 Å². The van der Waals surface area contributed by atoms with Crippen LogP contribution in [-0.2, 0) is 25.6 Å². The molecule has 0 aliphatic heterocycles. The molecule has 4 amide bonds. The topological polar surface area (TPSA) is 229 Å². The van der Waals surface area contributed by atoms with Crippen LogP contribution in [0.4, 0.5) is 0 Å². The van der Waals surface area contributed by atoms with E-state index in [1.807, 2.05) is 86.6 Å². The number of hydrogen-bond acceptors (Lipinski definition) is 6. The molecule has 5 rings (SSSR count). The number of guanidine groups is 1. The lowest BCUT2D eigenvalue weighted by molar-refractivity contribution is -0.459. The Labute approximate surface area is 395 Å². The molecule has 0 aromatic heterocycles. The molecule has 5 aromatic rings. The second-order valence-corrected chi connectivity index (χ2v) is 17.9. The smallest absolute Gasteiger partial charge is 0.338 e. The number of carbonyl (C=O) groups excluding carboxylic acids is 4. The van der Waals surface area contributed by atoms with E-state index < -0.39 is 29.9 Å². The molecule has 0 saturated heterocycles. The van der Waals surface area contributed by atoms with E-state index in [0.717, 1.165) is 56.8 Å². The predicted molar refractivity (Wildman–Crippen MR) is 266 cm³/mol. The molecule has 0 fully saturated rings. The maximum atomic E-state index is 14.2. The summed E-state index contributed by atoms with van der Waals surface area (Å²) in [5.74, 6) is 0.301. The van der Waals surface area contributed by atoms with Crippen molar-refractivity contribution in [1.29, 1.82) is 0 Å². The van der Waals surface area contributed by atoms with Crippen molar-refractivity contribution in [3.8, 4) is 22.6 Å². The van der Waals surface area contributed by atoms with Gasteiger partial charge in [0.05, 0.1) is 32.7 Å². The molecule has 14 nitrogen and oxygen atoms in total. The van der Waals surface area contributed by atoms with Crippen molar-refractivity contribution in [2.24, 2.45) is 23.3 Å².